The lowest BCUT2D eigenvalue weighted by molar-refractivity contribution is 0.222. The summed E-state index contributed by atoms with van der Waals surface area (Å²) in [4.78, 5) is 9.08. The zero-order valence-corrected chi connectivity index (χ0v) is 17.0. The first kappa shape index (κ1) is 19.1. The first-order valence-electron chi connectivity index (χ1n) is 10.3. The Morgan fingerprint density at radius 1 is 1.19 bits per heavy atom. The lowest BCUT2D eigenvalue weighted by Gasteiger charge is -2.14. The number of ether oxygens (including phenoxy) is 1. The second kappa shape index (κ2) is 8.46. The molecule has 2 aromatic carbocycles. The molecule has 1 atom stereocenters. The standard InChI is InChI=1S/C24H22N6O/c25-13-18-11-19-14-27-24(29-22(19)12-23(18)31-21-6-7-26-15-21)28-20-5-3-4-17(10-20)16-30-8-1-2-9-30/h1-5,8-12,14,21,26H,6-7,15-16H2,(H,27,28,29). The van der Waals surface area contributed by atoms with E-state index in [4.69, 9.17) is 4.74 Å². The molecule has 7 nitrogen and oxygen atoms in total. The second-order valence-electron chi connectivity index (χ2n) is 7.63. The lowest BCUT2D eigenvalue weighted by Crippen LogP contribution is -2.20. The molecule has 4 aromatic rings. The average Bonchev–Trinajstić information content (AvgIpc) is 3.48. The van der Waals surface area contributed by atoms with E-state index in [0.29, 0.717) is 17.3 Å². The molecule has 0 radical (unpaired) electrons. The van der Waals surface area contributed by atoms with Crippen LogP contribution in [0.2, 0.25) is 0 Å². The molecule has 154 valence electrons. The Labute approximate surface area is 180 Å². The van der Waals surface area contributed by atoms with Crippen molar-refractivity contribution in [3.05, 3.63) is 78.2 Å². The number of nitriles is 1. The summed E-state index contributed by atoms with van der Waals surface area (Å²) in [6.07, 6.45) is 6.83. The quantitative estimate of drug-likeness (QED) is 0.502. The molecule has 1 saturated heterocycles. The third-order valence-corrected chi connectivity index (χ3v) is 5.32. The van der Waals surface area contributed by atoms with Crippen LogP contribution in [0.5, 0.6) is 5.75 Å². The zero-order chi connectivity index (χ0) is 21.0. The topological polar surface area (TPSA) is 87.8 Å². The smallest absolute Gasteiger partial charge is 0.227 e. The number of rotatable bonds is 6. The van der Waals surface area contributed by atoms with E-state index in [9.17, 15) is 5.26 Å². The summed E-state index contributed by atoms with van der Waals surface area (Å²) in [7, 11) is 0. The Morgan fingerprint density at radius 3 is 2.90 bits per heavy atom. The van der Waals surface area contributed by atoms with Crippen LogP contribution < -0.4 is 15.4 Å². The number of aromatic nitrogens is 3. The number of nitrogens with one attached hydrogen (secondary N) is 2. The van der Waals surface area contributed by atoms with Gasteiger partial charge < -0.3 is 19.9 Å². The van der Waals surface area contributed by atoms with E-state index < -0.39 is 0 Å². The van der Waals surface area contributed by atoms with E-state index >= 15 is 0 Å². The number of fused-ring (bicyclic) bond motifs is 1. The van der Waals surface area contributed by atoms with Crippen LogP contribution in [0, 0.1) is 11.3 Å². The van der Waals surface area contributed by atoms with Crippen LogP contribution in [0.1, 0.15) is 17.5 Å². The summed E-state index contributed by atoms with van der Waals surface area (Å²) in [5, 5.41) is 16.9. The third kappa shape index (κ3) is 4.34. The largest absolute Gasteiger partial charge is 0.488 e. The van der Waals surface area contributed by atoms with Crippen LogP contribution in [-0.4, -0.2) is 33.7 Å². The predicted octanol–water partition coefficient (Wildman–Crippen LogP) is 3.84. The van der Waals surface area contributed by atoms with Gasteiger partial charge in [-0.3, -0.25) is 0 Å². The van der Waals surface area contributed by atoms with Crippen molar-refractivity contribution >= 4 is 22.5 Å². The van der Waals surface area contributed by atoms with Crippen LogP contribution >= 0.6 is 0 Å². The highest BCUT2D eigenvalue weighted by Crippen LogP contribution is 2.27. The van der Waals surface area contributed by atoms with Crippen LogP contribution in [0.3, 0.4) is 0 Å². The maximum atomic E-state index is 9.52. The van der Waals surface area contributed by atoms with E-state index in [1.807, 2.05) is 42.7 Å². The molecule has 0 bridgehead atoms. The van der Waals surface area contributed by atoms with Crippen molar-refractivity contribution in [3.8, 4) is 11.8 Å². The van der Waals surface area contributed by atoms with Crippen molar-refractivity contribution in [1.29, 1.82) is 5.26 Å². The van der Waals surface area contributed by atoms with Crippen molar-refractivity contribution < 1.29 is 4.74 Å². The minimum atomic E-state index is 0.0759. The number of benzene rings is 2. The molecule has 0 amide bonds. The van der Waals surface area contributed by atoms with Gasteiger partial charge in [-0.1, -0.05) is 12.1 Å². The fourth-order valence-corrected chi connectivity index (χ4v) is 3.78. The Morgan fingerprint density at radius 2 is 2.10 bits per heavy atom. The molecule has 1 aliphatic rings. The van der Waals surface area contributed by atoms with Crippen LogP contribution in [0.25, 0.3) is 10.9 Å². The van der Waals surface area contributed by atoms with E-state index in [1.165, 1.54) is 5.56 Å². The molecular formula is C24H22N6O. The summed E-state index contributed by atoms with van der Waals surface area (Å²) in [5.74, 6) is 1.07. The van der Waals surface area contributed by atoms with Crippen molar-refractivity contribution in [2.45, 2.75) is 19.1 Å². The maximum absolute atomic E-state index is 9.52. The van der Waals surface area contributed by atoms with Gasteiger partial charge in [0, 0.05) is 48.8 Å². The van der Waals surface area contributed by atoms with Gasteiger partial charge in [0.2, 0.25) is 5.95 Å². The van der Waals surface area contributed by atoms with Crippen molar-refractivity contribution in [3.63, 3.8) is 0 Å². The molecule has 0 saturated carbocycles. The van der Waals surface area contributed by atoms with Crippen molar-refractivity contribution in [1.82, 2.24) is 19.9 Å². The Balaban J connectivity index is 1.39. The molecule has 2 aromatic heterocycles. The summed E-state index contributed by atoms with van der Waals surface area (Å²) >= 11 is 0. The second-order valence-corrected chi connectivity index (χ2v) is 7.63. The van der Waals surface area contributed by atoms with Gasteiger partial charge in [-0.25, -0.2) is 9.97 Å². The minimum Gasteiger partial charge on any atom is -0.488 e. The molecule has 0 spiro atoms. The third-order valence-electron chi connectivity index (χ3n) is 5.32. The summed E-state index contributed by atoms with van der Waals surface area (Å²) < 4.78 is 8.19. The number of hydrogen-bond donors (Lipinski definition) is 2. The van der Waals surface area contributed by atoms with Crippen LogP contribution in [0.4, 0.5) is 11.6 Å². The highest BCUT2D eigenvalue weighted by Gasteiger charge is 2.18. The van der Waals surface area contributed by atoms with Gasteiger partial charge in [0.15, 0.2) is 0 Å². The maximum Gasteiger partial charge on any atom is 0.227 e. The van der Waals surface area contributed by atoms with Gasteiger partial charge in [0.05, 0.1) is 11.1 Å². The van der Waals surface area contributed by atoms with Gasteiger partial charge in [0.25, 0.3) is 0 Å². The molecule has 3 heterocycles. The first-order valence-corrected chi connectivity index (χ1v) is 10.3. The molecule has 31 heavy (non-hydrogen) atoms. The first-order chi connectivity index (χ1) is 15.3. The lowest BCUT2D eigenvalue weighted by atomic mass is 10.1. The summed E-state index contributed by atoms with van der Waals surface area (Å²) in [6, 6.07) is 18.1. The molecule has 0 aliphatic carbocycles. The average molecular weight is 410 g/mol. The molecule has 7 heteroatoms. The summed E-state index contributed by atoms with van der Waals surface area (Å²) in [6.45, 7) is 2.52. The van der Waals surface area contributed by atoms with Gasteiger partial charge in [0.1, 0.15) is 17.9 Å². The Bertz CT molecular complexity index is 1240. The van der Waals surface area contributed by atoms with E-state index in [1.54, 1.807) is 12.3 Å². The normalized spacial score (nSPS) is 15.6. The van der Waals surface area contributed by atoms with Gasteiger partial charge >= 0.3 is 0 Å². The van der Waals surface area contributed by atoms with Crippen molar-refractivity contribution in [2.24, 2.45) is 0 Å². The highest BCUT2D eigenvalue weighted by atomic mass is 16.5. The molecule has 5 rings (SSSR count). The summed E-state index contributed by atoms with van der Waals surface area (Å²) in [5.41, 5.74) is 3.34. The number of anilines is 2. The molecule has 1 fully saturated rings. The van der Waals surface area contributed by atoms with Gasteiger partial charge in [-0.15, -0.1) is 0 Å². The Kier molecular flexibility index (Phi) is 5.21. The number of hydrogen-bond acceptors (Lipinski definition) is 6. The zero-order valence-electron chi connectivity index (χ0n) is 17.0. The fraction of sp³-hybridized carbons (Fsp3) is 0.208. The molecule has 2 N–H and O–H groups in total. The fourth-order valence-electron chi connectivity index (χ4n) is 3.78. The van der Waals surface area contributed by atoms with Gasteiger partial charge in [-0.05, 0) is 48.9 Å². The SMILES string of the molecule is N#Cc1cc2cnc(Nc3cccc(Cn4cccc4)c3)nc2cc1OC1CCNC1. The van der Waals surface area contributed by atoms with Crippen LogP contribution in [-0.2, 0) is 6.54 Å². The van der Waals surface area contributed by atoms with Gasteiger partial charge in [-0.2, -0.15) is 5.26 Å². The monoisotopic (exact) mass is 410 g/mol. The van der Waals surface area contributed by atoms with Crippen molar-refractivity contribution in [2.75, 3.05) is 18.4 Å². The molecule has 1 unspecified atom stereocenters. The predicted molar refractivity (Wildman–Crippen MR) is 119 cm³/mol. The Hall–Kier alpha value is -3.89. The van der Waals surface area contributed by atoms with E-state index in [-0.39, 0.29) is 6.10 Å². The van der Waals surface area contributed by atoms with E-state index in [2.05, 4.69) is 43.4 Å². The molecular weight excluding hydrogens is 388 g/mol. The minimum absolute atomic E-state index is 0.0759. The van der Waals surface area contributed by atoms with Crippen LogP contribution in [0.15, 0.2) is 67.1 Å². The molecule has 1 aliphatic heterocycles. The number of nitrogens with zero attached hydrogens (tertiary/aromatic N) is 4. The van der Waals surface area contributed by atoms with E-state index in [0.717, 1.165) is 42.6 Å². The highest BCUT2D eigenvalue weighted by molar-refractivity contribution is 5.83.